The number of hydrogen-bond donors (Lipinski definition) is 4. The van der Waals surface area contributed by atoms with Gasteiger partial charge < -0.3 is 20.5 Å². The van der Waals surface area contributed by atoms with Crippen LogP contribution in [0.15, 0.2) is 47.4 Å². The third kappa shape index (κ3) is 5.32. The minimum Gasteiger partial charge on any atom is -0.508 e. The molecule has 3 aromatic rings. The van der Waals surface area contributed by atoms with Crippen molar-refractivity contribution in [3.8, 4) is 21.9 Å². The molecule has 34 heavy (non-hydrogen) atoms. The van der Waals surface area contributed by atoms with Gasteiger partial charge in [0.25, 0.3) is 10.0 Å². The molecular weight excluding hydrogens is 476 g/mol. The van der Waals surface area contributed by atoms with Crippen molar-refractivity contribution >= 4 is 38.1 Å². The van der Waals surface area contributed by atoms with E-state index in [9.17, 15) is 18.3 Å². The number of nitrogens with one attached hydrogen (secondary N) is 3. The molecule has 4 N–H and O–H groups in total. The fraction of sp³-hybridized carbons (Fsp3) is 0.304. The van der Waals surface area contributed by atoms with E-state index in [1.54, 1.807) is 12.1 Å². The number of carbonyl (C=O) groups excluding carboxylic acids is 1. The molecule has 0 spiro atoms. The van der Waals surface area contributed by atoms with Crippen LogP contribution < -0.4 is 20.1 Å². The lowest BCUT2D eigenvalue weighted by molar-refractivity contribution is -0.118. The summed E-state index contributed by atoms with van der Waals surface area (Å²) >= 11 is 1.29. The zero-order valence-electron chi connectivity index (χ0n) is 18.8. The normalized spacial score (nSPS) is 16.1. The molecule has 1 aliphatic heterocycles. The maximum atomic E-state index is 13.1. The number of aromatic nitrogens is 1. The summed E-state index contributed by atoms with van der Waals surface area (Å²) in [5.41, 5.74) is 1.62. The molecule has 11 heteroatoms. The molecule has 0 bridgehead atoms. The summed E-state index contributed by atoms with van der Waals surface area (Å²) in [7, 11) is -2.59. The van der Waals surface area contributed by atoms with E-state index in [2.05, 4.69) is 20.3 Å². The smallest absolute Gasteiger partial charge is 0.265 e. The summed E-state index contributed by atoms with van der Waals surface area (Å²) in [5, 5.41) is 16.0. The van der Waals surface area contributed by atoms with Crippen LogP contribution >= 0.6 is 11.3 Å². The topological polar surface area (TPSA) is 130 Å². The van der Waals surface area contributed by atoms with Gasteiger partial charge in [-0.05, 0) is 74.3 Å². The summed E-state index contributed by atoms with van der Waals surface area (Å²) in [6.07, 6.45) is 2.86. The second kappa shape index (κ2) is 10.00. The SMILES string of the molecule is COc1ccc(-c2sc(NC(=O)C3CCCCN3)nc2C)cc1S(=O)(=O)Nc1ccc(O)cc1. The van der Waals surface area contributed by atoms with Crippen LogP contribution in [0.5, 0.6) is 11.5 Å². The lowest BCUT2D eigenvalue weighted by atomic mass is 10.0. The van der Waals surface area contributed by atoms with Crippen molar-refractivity contribution in [3.63, 3.8) is 0 Å². The third-order valence-electron chi connectivity index (χ3n) is 5.49. The number of ether oxygens (including phenoxy) is 1. The second-order valence-corrected chi connectivity index (χ2v) is 10.6. The number of sulfonamides is 1. The highest BCUT2D eigenvalue weighted by Crippen LogP contribution is 2.37. The predicted octanol–water partition coefficient (Wildman–Crippen LogP) is 3.71. The number of hydrogen-bond acceptors (Lipinski definition) is 8. The predicted molar refractivity (Wildman–Crippen MR) is 132 cm³/mol. The Morgan fingerprint density at radius 1 is 1.21 bits per heavy atom. The van der Waals surface area contributed by atoms with Crippen LogP contribution in [0.4, 0.5) is 10.8 Å². The molecule has 1 unspecified atom stereocenters. The highest BCUT2D eigenvalue weighted by Gasteiger charge is 2.24. The molecule has 0 aliphatic carbocycles. The van der Waals surface area contributed by atoms with E-state index in [1.165, 1.54) is 48.8 Å². The lowest BCUT2D eigenvalue weighted by Crippen LogP contribution is -2.43. The zero-order valence-corrected chi connectivity index (χ0v) is 20.4. The molecule has 0 radical (unpaired) electrons. The number of nitrogens with zero attached hydrogens (tertiary/aromatic N) is 1. The number of aromatic hydroxyl groups is 1. The average Bonchev–Trinajstić information content (AvgIpc) is 3.20. The number of phenolic OH excluding ortho intramolecular Hbond substituents is 1. The van der Waals surface area contributed by atoms with E-state index >= 15 is 0 Å². The van der Waals surface area contributed by atoms with Gasteiger partial charge in [0.05, 0.1) is 23.7 Å². The maximum absolute atomic E-state index is 13.1. The first-order valence-corrected chi connectivity index (χ1v) is 13.1. The Bertz CT molecular complexity index is 1280. The quantitative estimate of drug-likeness (QED) is 0.362. The minimum absolute atomic E-state index is 0.0327. The van der Waals surface area contributed by atoms with Crippen molar-refractivity contribution in [1.82, 2.24) is 10.3 Å². The summed E-state index contributed by atoms with van der Waals surface area (Å²) in [6, 6.07) is 10.4. The Balaban J connectivity index is 1.61. The Kier molecular flexibility index (Phi) is 7.05. The molecule has 1 aliphatic rings. The molecular formula is C23H26N4O5S2. The van der Waals surface area contributed by atoms with E-state index in [0.717, 1.165) is 30.7 Å². The molecule has 0 saturated carbocycles. The van der Waals surface area contributed by atoms with Gasteiger partial charge in [0.1, 0.15) is 16.4 Å². The van der Waals surface area contributed by atoms with E-state index < -0.39 is 10.0 Å². The third-order valence-corrected chi connectivity index (χ3v) is 8.01. The van der Waals surface area contributed by atoms with Crippen LogP contribution in [-0.4, -0.2) is 44.1 Å². The van der Waals surface area contributed by atoms with E-state index in [0.29, 0.717) is 22.1 Å². The summed E-state index contributed by atoms with van der Waals surface area (Å²) in [4.78, 5) is 17.7. The first-order valence-electron chi connectivity index (χ1n) is 10.8. The van der Waals surface area contributed by atoms with Gasteiger partial charge >= 0.3 is 0 Å². The summed E-state index contributed by atoms with van der Waals surface area (Å²) in [6.45, 7) is 2.63. The van der Waals surface area contributed by atoms with Gasteiger partial charge in [0.15, 0.2) is 5.13 Å². The number of piperidine rings is 1. The van der Waals surface area contributed by atoms with Crippen LogP contribution in [0.25, 0.3) is 10.4 Å². The van der Waals surface area contributed by atoms with Gasteiger partial charge in [0.2, 0.25) is 5.91 Å². The fourth-order valence-corrected chi connectivity index (χ4v) is 5.97. The lowest BCUT2D eigenvalue weighted by Gasteiger charge is -2.21. The molecule has 2 heterocycles. The first kappa shape index (κ1) is 24.0. The maximum Gasteiger partial charge on any atom is 0.265 e. The van der Waals surface area contributed by atoms with E-state index in [4.69, 9.17) is 4.74 Å². The largest absolute Gasteiger partial charge is 0.508 e. The number of aryl methyl sites for hydroxylation is 1. The molecule has 1 atom stereocenters. The van der Waals surface area contributed by atoms with Crippen molar-refractivity contribution in [1.29, 1.82) is 0 Å². The summed E-state index contributed by atoms with van der Waals surface area (Å²) in [5.74, 6) is 0.107. The number of carbonyl (C=O) groups is 1. The number of methoxy groups -OCH3 is 1. The van der Waals surface area contributed by atoms with Crippen LogP contribution in [0.1, 0.15) is 25.0 Å². The Morgan fingerprint density at radius 3 is 2.65 bits per heavy atom. The van der Waals surface area contributed by atoms with Crippen LogP contribution in [0.3, 0.4) is 0 Å². The van der Waals surface area contributed by atoms with Crippen molar-refractivity contribution in [3.05, 3.63) is 48.2 Å². The molecule has 1 fully saturated rings. The Labute approximate surface area is 202 Å². The average molecular weight is 503 g/mol. The molecule has 180 valence electrons. The number of anilines is 2. The molecule has 9 nitrogen and oxygen atoms in total. The molecule has 2 aromatic carbocycles. The van der Waals surface area contributed by atoms with Gasteiger partial charge in [-0.25, -0.2) is 13.4 Å². The van der Waals surface area contributed by atoms with Crippen LogP contribution in [0, 0.1) is 6.92 Å². The summed E-state index contributed by atoms with van der Waals surface area (Å²) < 4.78 is 34.1. The number of rotatable bonds is 7. The molecule has 4 rings (SSSR count). The Morgan fingerprint density at radius 2 is 1.97 bits per heavy atom. The van der Waals surface area contributed by atoms with Crippen LogP contribution in [-0.2, 0) is 14.8 Å². The zero-order chi connectivity index (χ0) is 24.3. The minimum atomic E-state index is -3.99. The highest BCUT2D eigenvalue weighted by molar-refractivity contribution is 7.92. The number of amides is 1. The van der Waals surface area contributed by atoms with E-state index in [1.807, 2.05) is 6.92 Å². The second-order valence-electron chi connectivity index (χ2n) is 7.94. The molecule has 1 saturated heterocycles. The van der Waals surface area contributed by atoms with Gasteiger partial charge in [-0.1, -0.05) is 17.8 Å². The van der Waals surface area contributed by atoms with Gasteiger partial charge in [-0.3, -0.25) is 9.52 Å². The van der Waals surface area contributed by atoms with Gasteiger partial charge in [0, 0.05) is 5.69 Å². The van der Waals surface area contributed by atoms with Crippen molar-refractivity contribution in [2.24, 2.45) is 0 Å². The monoisotopic (exact) mass is 502 g/mol. The number of phenols is 1. The van der Waals surface area contributed by atoms with Gasteiger partial charge in [-0.15, -0.1) is 0 Å². The fourth-order valence-electron chi connectivity index (χ4n) is 3.75. The van der Waals surface area contributed by atoms with Crippen molar-refractivity contribution in [2.75, 3.05) is 23.7 Å². The number of thiazole rings is 1. The van der Waals surface area contributed by atoms with Gasteiger partial charge in [-0.2, -0.15) is 0 Å². The Hall–Kier alpha value is -3.15. The highest BCUT2D eigenvalue weighted by atomic mass is 32.2. The van der Waals surface area contributed by atoms with E-state index in [-0.39, 0.29) is 28.3 Å². The van der Waals surface area contributed by atoms with Crippen molar-refractivity contribution in [2.45, 2.75) is 37.1 Å². The first-order chi connectivity index (χ1) is 16.3. The number of benzene rings is 2. The van der Waals surface area contributed by atoms with Crippen LogP contribution in [0.2, 0.25) is 0 Å². The molecule has 1 aromatic heterocycles. The van der Waals surface area contributed by atoms with Crippen molar-refractivity contribution < 1.29 is 23.1 Å². The molecule has 1 amide bonds. The standard InChI is InChI=1S/C23H26N4O5S2/c1-14-21(33-23(25-14)26-22(29)18-5-3-4-12-24-18)15-6-11-19(32-2)20(13-15)34(30,31)27-16-7-9-17(28)10-8-16/h6-11,13,18,24,27-28H,3-5,12H2,1-2H3,(H,25,26,29).